The number of carbonyl (C=O) groups is 1. The minimum Gasteiger partial charge on any atom is -0.444 e. The molecule has 1 aliphatic carbocycles. The van der Waals surface area contributed by atoms with Crippen molar-refractivity contribution < 1.29 is 13.9 Å². The van der Waals surface area contributed by atoms with Gasteiger partial charge in [0, 0.05) is 12.1 Å². The van der Waals surface area contributed by atoms with Crippen LogP contribution in [0.25, 0.3) is 27.8 Å². The van der Waals surface area contributed by atoms with Gasteiger partial charge < -0.3 is 10.1 Å². The van der Waals surface area contributed by atoms with Crippen LogP contribution in [0.4, 0.5) is 9.18 Å². The van der Waals surface area contributed by atoms with Crippen molar-refractivity contribution in [1.82, 2.24) is 19.4 Å². The number of ether oxygens (including phenoxy) is 1. The fraction of sp³-hybridized carbons (Fsp3) is 0.355. The highest BCUT2D eigenvalue weighted by Crippen LogP contribution is 2.29. The number of aromatic nitrogens is 3. The van der Waals surface area contributed by atoms with E-state index in [1.165, 1.54) is 9.13 Å². The van der Waals surface area contributed by atoms with Crippen LogP contribution in [-0.4, -0.2) is 31.9 Å². The van der Waals surface area contributed by atoms with Crippen LogP contribution in [0.2, 0.25) is 0 Å². The monoisotopic (exact) mass is 544 g/mol. The summed E-state index contributed by atoms with van der Waals surface area (Å²) >= 11 is 0. The third-order valence-electron chi connectivity index (χ3n) is 7.23. The molecule has 1 fully saturated rings. The van der Waals surface area contributed by atoms with E-state index >= 15 is 0 Å². The molecule has 40 heavy (non-hydrogen) atoms. The van der Waals surface area contributed by atoms with Crippen molar-refractivity contribution >= 4 is 17.1 Å². The first-order valence-corrected chi connectivity index (χ1v) is 13.5. The van der Waals surface area contributed by atoms with E-state index < -0.39 is 34.8 Å². The van der Waals surface area contributed by atoms with Crippen molar-refractivity contribution in [3.05, 3.63) is 93.0 Å². The number of nitrogens with one attached hydrogen (secondary N) is 1. The lowest BCUT2D eigenvalue weighted by Gasteiger charge is -2.31. The molecule has 0 saturated heterocycles. The minimum absolute atomic E-state index is 0.0369. The SMILES string of the molecule is Cc1ccccc1-c1cccc(-n2c(=O)n(C3CCC(NC(=O)OC(C)(C)C)CC3)c(=O)c3cc(F)cnc32)c1. The van der Waals surface area contributed by atoms with E-state index in [-0.39, 0.29) is 17.1 Å². The van der Waals surface area contributed by atoms with Crippen LogP contribution in [0.15, 0.2) is 70.4 Å². The van der Waals surface area contributed by atoms with Crippen molar-refractivity contribution in [2.24, 2.45) is 0 Å². The summed E-state index contributed by atoms with van der Waals surface area (Å²) in [4.78, 5) is 44.0. The Hall–Kier alpha value is -4.27. The molecule has 0 aliphatic heterocycles. The van der Waals surface area contributed by atoms with Gasteiger partial charge in [0.05, 0.1) is 17.3 Å². The average Bonchev–Trinajstić information content (AvgIpc) is 2.89. The Kier molecular flexibility index (Phi) is 7.31. The quantitative estimate of drug-likeness (QED) is 0.357. The van der Waals surface area contributed by atoms with Crippen LogP contribution < -0.4 is 16.6 Å². The molecule has 0 unspecified atom stereocenters. The number of fused-ring (bicyclic) bond motifs is 1. The number of alkyl carbamates (subject to hydrolysis) is 1. The number of aryl methyl sites for hydroxylation is 1. The van der Waals surface area contributed by atoms with E-state index in [9.17, 15) is 18.8 Å². The summed E-state index contributed by atoms with van der Waals surface area (Å²) in [7, 11) is 0. The molecule has 2 aromatic heterocycles. The number of hydrogen-bond donors (Lipinski definition) is 1. The first-order valence-electron chi connectivity index (χ1n) is 13.5. The van der Waals surface area contributed by atoms with E-state index in [1.807, 2.05) is 49.4 Å². The minimum atomic E-state index is -0.653. The third-order valence-corrected chi connectivity index (χ3v) is 7.23. The fourth-order valence-electron chi connectivity index (χ4n) is 5.40. The second kappa shape index (κ2) is 10.7. The highest BCUT2D eigenvalue weighted by molar-refractivity contribution is 5.77. The molecule has 0 atom stereocenters. The van der Waals surface area contributed by atoms with Gasteiger partial charge in [0.1, 0.15) is 11.4 Å². The molecule has 9 heteroatoms. The molecule has 1 saturated carbocycles. The summed E-state index contributed by atoms with van der Waals surface area (Å²) in [5.74, 6) is -0.653. The molecule has 0 bridgehead atoms. The zero-order valence-corrected chi connectivity index (χ0v) is 23.1. The number of halogens is 1. The molecule has 4 aromatic rings. The Morgan fingerprint density at radius 1 is 1.02 bits per heavy atom. The molecule has 8 nitrogen and oxygen atoms in total. The average molecular weight is 545 g/mol. The molecule has 1 aliphatic rings. The fourth-order valence-corrected chi connectivity index (χ4v) is 5.40. The number of nitrogens with zero attached hydrogens (tertiary/aromatic N) is 3. The predicted octanol–water partition coefficient (Wildman–Crippen LogP) is 5.67. The van der Waals surface area contributed by atoms with Crippen LogP contribution in [0.3, 0.4) is 0 Å². The summed E-state index contributed by atoms with van der Waals surface area (Å²) in [6, 6.07) is 16.0. The Bertz CT molecular complexity index is 1690. The van der Waals surface area contributed by atoms with Gasteiger partial charge in [0.2, 0.25) is 0 Å². The van der Waals surface area contributed by atoms with E-state index in [1.54, 1.807) is 26.8 Å². The maximum atomic E-state index is 14.3. The number of hydrogen-bond acceptors (Lipinski definition) is 5. The van der Waals surface area contributed by atoms with Gasteiger partial charge in [-0.2, -0.15) is 0 Å². The van der Waals surface area contributed by atoms with E-state index in [4.69, 9.17) is 4.74 Å². The van der Waals surface area contributed by atoms with Crippen molar-refractivity contribution in [1.29, 1.82) is 0 Å². The number of amides is 1. The van der Waals surface area contributed by atoms with Gasteiger partial charge in [-0.3, -0.25) is 9.36 Å². The largest absolute Gasteiger partial charge is 0.444 e. The maximum Gasteiger partial charge on any atom is 0.407 e. The summed E-state index contributed by atoms with van der Waals surface area (Å²) in [5, 5.41) is 2.92. The lowest BCUT2D eigenvalue weighted by atomic mass is 9.91. The van der Waals surface area contributed by atoms with Crippen molar-refractivity contribution in [3.63, 3.8) is 0 Å². The van der Waals surface area contributed by atoms with Gasteiger partial charge in [0.25, 0.3) is 5.56 Å². The summed E-state index contributed by atoms with van der Waals surface area (Å²) in [6.45, 7) is 7.42. The number of benzene rings is 2. The van der Waals surface area contributed by atoms with Gasteiger partial charge in [-0.1, -0.05) is 36.4 Å². The van der Waals surface area contributed by atoms with Crippen molar-refractivity contribution in [2.45, 2.75) is 71.1 Å². The van der Waals surface area contributed by atoms with Gasteiger partial charge in [0.15, 0.2) is 5.65 Å². The molecule has 2 aromatic carbocycles. The standard InChI is InChI=1S/C31H33FN4O4/c1-19-8-5-6-11-25(19)20-9-7-10-24(16-20)35-27-26(17-21(32)18-33-27)28(37)36(30(35)39)23-14-12-22(13-15-23)34-29(38)40-31(2,3)4/h5-11,16-18,22-23H,12-15H2,1-4H3,(H,34,38). The Morgan fingerprint density at radius 2 is 1.75 bits per heavy atom. The van der Waals surface area contributed by atoms with Gasteiger partial charge in [-0.15, -0.1) is 0 Å². The second-order valence-corrected chi connectivity index (χ2v) is 11.3. The highest BCUT2D eigenvalue weighted by Gasteiger charge is 2.29. The summed E-state index contributed by atoms with van der Waals surface area (Å²) in [5.41, 5.74) is 1.94. The molecule has 5 rings (SSSR count). The number of carbonyl (C=O) groups excluding carboxylic acids is 1. The van der Waals surface area contributed by atoms with Gasteiger partial charge in [-0.25, -0.2) is 23.5 Å². The van der Waals surface area contributed by atoms with Crippen LogP contribution in [0.5, 0.6) is 0 Å². The van der Waals surface area contributed by atoms with Crippen LogP contribution in [0, 0.1) is 12.7 Å². The zero-order valence-electron chi connectivity index (χ0n) is 23.1. The Morgan fingerprint density at radius 3 is 2.45 bits per heavy atom. The first kappa shape index (κ1) is 27.3. The summed E-state index contributed by atoms with van der Waals surface area (Å²) in [6.07, 6.45) is 2.65. The molecule has 208 valence electrons. The maximum absolute atomic E-state index is 14.3. The Balaban J connectivity index is 1.54. The number of pyridine rings is 1. The first-order chi connectivity index (χ1) is 19.0. The Labute approximate surface area is 231 Å². The number of rotatable bonds is 4. The van der Waals surface area contributed by atoms with Gasteiger partial charge in [-0.05, 0) is 88.3 Å². The molecular formula is C31H33FN4O4. The molecule has 0 spiro atoms. The second-order valence-electron chi connectivity index (χ2n) is 11.3. The summed E-state index contributed by atoms with van der Waals surface area (Å²) < 4.78 is 22.3. The predicted molar refractivity (Wildman–Crippen MR) is 152 cm³/mol. The topological polar surface area (TPSA) is 95.2 Å². The van der Waals surface area contributed by atoms with Gasteiger partial charge >= 0.3 is 11.8 Å². The molecule has 1 N–H and O–H groups in total. The van der Waals surface area contributed by atoms with Crippen LogP contribution >= 0.6 is 0 Å². The van der Waals surface area contributed by atoms with E-state index in [2.05, 4.69) is 10.3 Å². The van der Waals surface area contributed by atoms with Crippen molar-refractivity contribution in [2.75, 3.05) is 0 Å². The third kappa shape index (κ3) is 5.54. The zero-order chi connectivity index (χ0) is 28.6. The molecular weight excluding hydrogens is 511 g/mol. The van der Waals surface area contributed by atoms with Crippen molar-refractivity contribution in [3.8, 4) is 16.8 Å². The molecule has 1 amide bonds. The normalized spacial score (nSPS) is 17.5. The molecule has 2 heterocycles. The van der Waals surface area contributed by atoms with E-state index in [0.29, 0.717) is 31.4 Å². The lowest BCUT2D eigenvalue weighted by Crippen LogP contribution is -2.45. The smallest absolute Gasteiger partial charge is 0.407 e. The highest BCUT2D eigenvalue weighted by atomic mass is 19.1. The lowest BCUT2D eigenvalue weighted by molar-refractivity contribution is 0.0487. The molecule has 0 radical (unpaired) electrons. The van der Waals surface area contributed by atoms with Crippen LogP contribution in [-0.2, 0) is 4.74 Å². The van der Waals surface area contributed by atoms with E-state index in [0.717, 1.165) is 29.0 Å². The van der Waals surface area contributed by atoms with Crippen LogP contribution in [0.1, 0.15) is 58.1 Å².